The van der Waals surface area contributed by atoms with E-state index < -0.39 is 30.1 Å². The van der Waals surface area contributed by atoms with Crippen molar-refractivity contribution < 1.29 is 24.2 Å². The van der Waals surface area contributed by atoms with Crippen molar-refractivity contribution >= 4 is 18.0 Å². The molecule has 0 unspecified atom stereocenters. The molecule has 160 valence electrons. The highest BCUT2D eigenvalue weighted by molar-refractivity contribution is 5.89. The van der Waals surface area contributed by atoms with Crippen molar-refractivity contribution in [3.8, 4) is 0 Å². The molecule has 2 rings (SSSR count). The van der Waals surface area contributed by atoms with E-state index in [1.165, 1.54) is 0 Å². The van der Waals surface area contributed by atoms with E-state index in [-0.39, 0.29) is 18.9 Å². The minimum absolute atomic E-state index is 0.0664. The molecule has 3 atom stereocenters. The van der Waals surface area contributed by atoms with Gasteiger partial charge in [0.25, 0.3) is 0 Å². The van der Waals surface area contributed by atoms with Crippen molar-refractivity contribution in [3.63, 3.8) is 0 Å². The van der Waals surface area contributed by atoms with Crippen LogP contribution in [-0.4, -0.2) is 35.2 Å². The fourth-order valence-corrected chi connectivity index (χ4v) is 2.90. The van der Waals surface area contributed by atoms with Gasteiger partial charge in [-0.3, -0.25) is 4.79 Å². The standard InChI is InChI=1S/C23H28N2O5/c1-3-16(2)20(22(27)28)25-21(26)19(14-17-10-6-4-7-11-17)24-23(29)30-15-18-12-8-5-9-13-18/h4-13,16,19-20H,3,14-15H2,1-2H3,(H,24,29)(H,25,26)(H,27,28)/t16-,19+,20-/m1/s1. The summed E-state index contributed by atoms with van der Waals surface area (Å²) in [6.07, 6.45) is 0.0537. The van der Waals surface area contributed by atoms with Crippen molar-refractivity contribution in [1.29, 1.82) is 0 Å². The number of hydrogen-bond acceptors (Lipinski definition) is 4. The van der Waals surface area contributed by atoms with E-state index in [0.717, 1.165) is 11.1 Å². The highest BCUT2D eigenvalue weighted by Gasteiger charge is 2.30. The molecule has 0 aromatic heterocycles. The number of carbonyl (C=O) groups excluding carboxylic acids is 2. The first kappa shape index (κ1) is 22.9. The molecule has 0 aliphatic rings. The topological polar surface area (TPSA) is 105 Å². The Labute approximate surface area is 176 Å². The molecule has 0 aliphatic carbocycles. The normalized spacial score (nSPS) is 13.5. The van der Waals surface area contributed by atoms with Gasteiger partial charge in [0, 0.05) is 6.42 Å². The number of carboxylic acids is 1. The zero-order chi connectivity index (χ0) is 21.9. The maximum Gasteiger partial charge on any atom is 0.408 e. The lowest BCUT2D eigenvalue weighted by Crippen LogP contribution is -2.54. The molecule has 2 amide bonds. The van der Waals surface area contributed by atoms with Crippen LogP contribution in [0.1, 0.15) is 31.4 Å². The zero-order valence-electron chi connectivity index (χ0n) is 17.2. The Morgan fingerprint density at radius 3 is 2.03 bits per heavy atom. The number of benzene rings is 2. The van der Waals surface area contributed by atoms with Crippen LogP contribution in [0.25, 0.3) is 0 Å². The Bertz CT molecular complexity index is 826. The monoisotopic (exact) mass is 412 g/mol. The van der Waals surface area contributed by atoms with E-state index in [1.807, 2.05) is 67.6 Å². The average Bonchev–Trinajstić information content (AvgIpc) is 2.76. The predicted molar refractivity (Wildman–Crippen MR) is 113 cm³/mol. The Hall–Kier alpha value is -3.35. The van der Waals surface area contributed by atoms with Crippen molar-refractivity contribution in [3.05, 3.63) is 71.8 Å². The van der Waals surface area contributed by atoms with E-state index in [1.54, 1.807) is 6.92 Å². The Morgan fingerprint density at radius 2 is 1.50 bits per heavy atom. The third kappa shape index (κ3) is 7.24. The van der Waals surface area contributed by atoms with Crippen molar-refractivity contribution in [2.24, 2.45) is 5.92 Å². The molecule has 0 radical (unpaired) electrons. The third-order valence-electron chi connectivity index (χ3n) is 4.88. The van der Waals surface area contributed by atoms with E-state index in [0.29, 0.717) is 6.42 Å². The van der Waals surface area contributed by atoms with Gasteiger partial charge in [0.15, 0.2) is 0 Å². The van der Waals surface area contributed by atoms with Gasteiger partial charge in [-0.05, 0) is 17.0 Å². The fourth-order valence-electron chi connectivity index (χ4n) is 2.90. The molecule has 0 fully saturated rings. The number of amides is 2. The van der Waals surface area contributed by atoms with Crippen LogP contribution in [0.5, 0.6) is 0 Å². The maximum absolute atomic E-state index is 12.8. The molecular formula is C23H28N2O5. The summed E-state index contributed by atoms with van der Waals surface area (Å²) in [5.41, 5.74) is 1.65. The van der Waals surface area contributed by atoms with Crippen LogP contribution >= 0.6 is 0 Å². The van der Waals surface area contributed by atoms with Crippen molar-refractivity contribution in [2.45, 2.75) is 45.4 Å². The molecule has 0 spiro atoms. The van der Waals surface area contributed by atoms with E-state index >= 15 is 0 Å². The molecule has 0 saturated carbocycles. The van der Waals surface area contributed by atoms with Crippen LogP contribution in [0, 0.1) is 5.92 Å². The molecule has 0 aliphatic heterocycles. The van der Waals surface area contributed by atoms with Gasteiger partial charge in [0.2, 0.25) is 5.91 Å². The van der Waals surface area contributed by atoms with Crippen LogP contribution < -0.4 is 10.6 Å². The number of nitrogens with one attached hydrogen (secondary N) is 2. The van der Waals surface area contributed by atoms with Gasteiger partial charge in [-0.15, -0.1) is 0 Å². The van der Waals surface area contributed by atoms with E-state index in [4.69, 9.17) is 4.74 Å². The Kier molecular flexibility index (Phi) is 8.87. The first-order valence-electron chi connectivity index (χ1n) is 9.95. The molecule has 0 heterocycles. The van der Waals surface area contributed by atoms with Crippen LogP contribution in [0.2, 0.25) is 0 Å². The maximum atomic E-state index is 12.8. The number of ether oxygens (including phenoxy) is 1. The number of carbonyl (C=O) groups is 3. The summed E-state index contributed by atoms with van der Waals surface area (Å²) in [5.74, 6) is -1.93. The molecule has 7 heteroatoms. The highest BCUT2D eigenvalue weighted by Crippen LogP contribution is 2.10. The molecule has 2 aromatic carbocycles. The number of aliphatic carboxylic acids is 1. The second kappa shape index (κ2) is 11.6. The average molecular weight is 412 g/mol. The summed E-state index contributed by atoms with van der Waals surface area (Å²) >= 11 is 0. The first-order valence-corrected chi connectivity index (χ1v) is 9.95. The quantitative estimate of drug-likeness (QED) is 0.556. The second-order valence-corrected chi connectivity index (χ2v) is 7.16. The van der Waals surface area contributed by atoms with Crippen LogP contribution in [0.4, 0.5) is 4.79 Å². The lowest BCUT2D eigenvalue weighted by atomic mass is 9.98. The molecule has 2 aromatic rings. The predicted octanol–water partition coefficient (Wildman–Crippen LogP) is 3.14. The SMILES string of the molecule is CC[C@@H](C)[C@@H](NC(=O)[C@H](Cc1ccccc1)NC(=O)OCc1ccccc1)C(=O)O. The van der Waals surface area contributed by atoms with E-state index in [2.05, 4.69) is 10.6 Å². The number of carboxylic acid groups (broad SMARTS) is 1. The summed E-state index contributed by atoms with van der Waals surface area (Å²) in [6.45, 7) is 3.68. The largest absolute Gasteiger partial charge is 0.480 e. The van der Waals surface area contributed by atoms with Crippen LogP contribution in [-0.2, 0) is 27.4 Å². The van der Waals surface area contributed by atoms with Crippen LogP contribution in [0.15, 0.2) is 60.7 Å². The van der Waals surface area contributed by atoms with Crippen molar-refractivity contribution in [1.82, 2.24) is 10.6 Å². The summed E-state index contributed by atoms with van der Waals surface area (Å²) < 4.78 is 5.22. The summed E-state index contributed by atoms with van der Waals surface area (Å²) in [4.78, 5) is 36.7. The molecule has 3 N–H and O–H groups in total. The smallest absolute Gasteiger partial charge is 0.408 e. The van der Waals surface area contributed by atoms with Gasteiger partial charge in [-0.2, -0.15) is 0 Å². The van der Waals surface area contributed by atoms with Gasteiger partial charge in [0.1, 0.15) is 18.7 Å². The van der Waals surface area contributed by atoms with Crippen LogP contribution in [0.3, 0.4) is 0 Å². The summed E-state index contributed by atoms with van der Waals surface area (Å²) in [5, 5.41) is 14.6. The molecule has 0 saturated heterocycles. The molecular weight excluding hydrogens is 384 g/mol. The highest BCUT2D eigenvalue weighted by atomic mass is 16.5. The third-order valence-corrected chi connectivity index (χ3v) is 4.88. The van der Waals surface area contributed by atoms with Gasteiger partial charge in [-0.1, -0.05) is 80.9 Å². The minimum Gasteiger partial charge on any atom is -0.480 e. The number of alkyl carbamates (subject to hydrolysis) is 1. The first-order chi connectivity index (χ1) is 14.4. The number of rotatable bonds is 10. The molecule has 30 heavy (non-hydrogen) atoms. The van der Waals surface area contributed by atoms with E-state index in [9.17, 15) is 19.5 Å². The minimum atomic E-state index is -1.11. The van der Waals surface area contributed by atoms with Gasteiger partial charge in [0.05, 0.1) is 0 Å². The fraction of sp³-hybridized carbons (Fsp3) is 0.348. The van der Waals surface area contributed by atoms with Gasteiger partial charge in [-0.25, -0.2) is 9.59 Å². The lowest BCUT2D eigenvalue weighted by Gasteiger charge is -2.24. The van der Waals surface area contributed by atoms with Gasteiger partial charge < -0.3 is 20.5 Å². The van der Waals surface area contributed by atoms with Gasteiger partial charge >= 0.3 is 12.1 Å². The lowest BCUT2D eigenvalue weighted by molar-refractivity contribution is -0.143. The number of hydrogen-bond donors (Lipinski definition) is 3. The Morgan fingerprint density at radius 1 is 0.933 bits per heavy atom. The summed E-state index contributed by atoms with van der Waals surface area (Å²) in [7, 11) is 0. The molecule has 7 nitrogen and oxygen atoms in total. The summed E-state index contributed by atoms with van der Waals surface area (Å²) in [6, 6.07) is 16.4. The zero-order valence-corrected chi connectivity index (χ0v) is 17.2. The van der Waals surface area contributed by atoms with Crippen molar-refractivity contribution in [2.75, 3.05) is 0 Å². The Balaban J connectivity index is 2.08. The second-order valence-electron chi connectivity index (χ2n) is 7.16. The molecule has 0 bridgehead atoms.